The largest absolute Gasteiger partial charge is 0.370 e. The minimum absolute atomic E-state index is 0.00247. The van der Waals surface area contributed by atoms with E-state index in [9.17, 15) is 9.59 Å². The van der Waals surface area contributed by atoms with E-state index in [1.807, 2.05) is 30.3 Å². The smallest absolute Gasteiger partial charge is 0.246 e. The molecule has 1 N–H and O–H groups in total. The normalized spacial score (nSPS) is 27.2. The third-order valence-corrected chi connectivity index (χ3v) is 5.93. The van der Waals surface area contributed by atoms with Crippen LogP contribution in [0.15, 0.2) is 36.5 Å². The Labute approximate surface area is 151 Å². The van der Waals surface area contributed by atoms with E-state index >= 15 is 0 Å². The Morgan fingerprint density at radius 3 is 2.92 bits per heavy atom. The van der Waals surface area contributed by atoms with Crippen LogP contribution in [0, 0.1) is 0 Å². The van der Waals surface area contributed by atoms with Gasteiger partial charge in [0.1, 0.15) is 12.1 Å². The number of aromatic nitrogens is 1. The van der Waals surface area contributed by atoms with Gasteiger partial charge in [-0.3, -0.25) is 14.6 Å². The molecule has 6 nitrogen and oxygen atoms in total. The molecule has 2 unspecified atom stereocenters. The number of ether oxygens (including phenoxy) is 1. The number of amides is 2. The second kappa shape index (κ2) is 5.77. The summed E-state index contributed by atoms with van der Waals surface area (Å²) in [6, 6.07) is 8.92. The molecule has 0 bridgehead atoms. The van der Waals surface area contributed by atoms with Gasteiger partial charge in [-0.2, -0.15) is 0 Å². The lowest BCUT2D eigenvalue weighted by Gasteiger charge is -2.53. The Balaban J connectivity index is 1.38. The molecular formula is C20H21N3O3. The van der Waals surface area contributed by atoms with Crippen molar-refractivity contribution in [1.82, 2.24) is 15.2 Å². The van der Waals surface area contributed by atoms with Crippen molar-refractivity contribution < 1.29 is 14.3 Å². The number of hydrogen-bond donors (Lipinski definition) is 1. The second-order valence-corrected chi connectivity index (χ2v) is 7.63. The number of morpholine rings is 1. The number of carbonyl (C=O) groups excluding carboxylic acids is 2. The van der Waals surface area contributed by atoms with Crippen LogP contribution in [0.5, 0.6) is 0 Å². The van der Waals surface area contributed by atoms with Gasteiger partial charge in [0.15, 0.2) is 0 Å². The molecule has 5 rings (SSSR count). The quantitative estimate of drug-likeness (QED) is 0.888. The summed E-state index contributed by atoms with van der Waals surface area (Å²) in [5.74, 6) is -0.116. The van der Waals surface area contributed by atoms with Crippen LogP contribution < -0.4 is 5.32 Å². The van der Waals surface area contributed by atoms with Crippen LogP contribution in [0.3, 0.4) is 0 Å². The zero-order valence-corrected chi connectivity index (χ0v) is 14.5. The molecule has 2 aliphatic heterocycles. The molecule has 2 saturated heterocycles. The Morgan fingerprint density at radius 1 is 1.27 bits per heavy atom. The highest BCUT2D eigenvalue weighted by Gasteiger charge is 2.51. The van der Waals surface area contributed by atoms with E-state index in [-0.39, 0.29) is 17.4 Å². The van der Waals surface area contributed by atoms with Crippen LogP contribution in [-0.2, 0) is 20.7 Å². The average Bonchev–Trinajstić information content (AvgIpc) is 2.64. The van der Waals surface area contributed by atoms with Crippen LogP contribution in [0.1, 0.15) is 24.8 Å². The standard InChI is InChI=1S/C20H21N3O3/c24-18-17-11-26-20(6-3-7-20)12-23(17)19(25)16(22-18)9-13-8-14-4-1-2-5-15(14)21-10-13/h1-2,4-5,8,10,16-17H,3,6-7,9,11-12H2,(H,22,24). The van der Waals surface area contributed by atoms with E-state index < -0.39 is 12.1 Å². The Kier molecular flexibility index (Phi) is 3.50. The van der Waals surface area contributed by atoms with Gasteiger partial charge in [-0.05, 0) is 37.0 Å². The lowest BCUT2D eigenvalue weighted by atomic mass is 9.78. The molecule has 1 aromatic carbocycles. The number of piperazine rings is 1. The first-order valence-electron chi connectivity index (χ1n) is 9.22. The summed E-state index contributed by atoms with van der Waals surface area (Å²) in [6.45, 7) is 0.845. The summed E-state index contributed by atoms with van der Waals surface area (Å²) in [4.78, 5) is 31.8. The molecule has 1 aliphatic carbocycles. The maximum absolute atomic E-state index is 13.0. The highest BCUT2D eigenvalue weighted by Crippen LogP contribution is 2.40. The molecule has 3 aliphatic rings. The number of benzene rings is 1. The molecule has 3 heterocycles. The molecule has 2 aromatic rings. The summed E-state index contributed by atoms with van der Waals surface area (Å²) in [7, 11) is 0. The third kappa shape index (κ3) is 2.48. The second-order valence-electron chi connectivity index (χ2n) is 7.63. The molecule has 2 amide bonds. The monoisotopic (exact) mass is 351 g/mol. The number of pyridine rings is 1. The highest BCUT2D eigenvalue weighted by atomic mass is 16.5. The maximum atomic E-state index is 13.0. The van der Waals surface area contributed by atoms with Gasteiger partial charge >= 0.3 is 0 Å². The number of nitrogens with one attached hydrogen (secondary N) is 1. The van der Waals surface area contributed by atoms with Gasteiger partial charge in [0.25, 0.3) is 0 Å². The molecule has 1 aromatic heterocycles. The van der Waals surface area contributed by atoms with Crippen LogP contribution in [0.2, 0.25) is 0 Å². The van der Waals surface area contributed by atoms with Crippen molar-refractivity contribution in [2.75, 3.05) is 13.2 Å². The SMILES string of the molecule is O=C1NC(Cc2cnc3ccccc3c2)C(=O)N2CC3(CCC3)OCC12. The van der Waals surface area contributed by atoms with Crippen molar-refractivity contribution in [1.29, 1.82) is 0 Å². The number of carbonyl (C=O) groups is 2. The van der Waals surface area contributed by atoms with Gasteiger partial charge in [0, 0.05) is 18.0 Å². The molecule has 26 heavy (non-hydrogen) atoms. The number of nitrogens with zero attached hydrogens (tertiary/aromatic N) is 2. The fourth-order valence-electron chi connectivity index (χ4n) is 4.27. The zero-order chi connectivity index (χ0) is 17.7. The van der Waals surface area contributed by atoms with Gasteiger partial charge in [-0.25, -0.2) is 0 Å². The summed E-state index contributed by atoms with van der Waals surface area (Å²) in [5.41, 5.74) is 1.67. The summed E-state index contributed by atoms with van der Waals surface area (Å²) < 4.78 is 5.93. The number of para-hydroxylation sites is 1. The molecule has 3 fully saturated rings. The minimum Gasteiger partial charge on any atom is -0.370 e. The van der Waals surface area contributed by atoms with Crippen molar-refractivity contribution in [3.8, 4) is 0 Å². The maximum Gasteiger partial charge on any atom is 0.246 e. The van der Waals surface area contributed by atoms with Crippen LogP contribution >= 0.6 is 0 Å². The topological polar surface area (TPSA) is 71.5 Å². The van der Waals surface area contributed by atoms with Crippen molar-refractivity contribution in [2.24, 2.45) is 0 Å². The summed E-state index contributed by atoms with van der Waals surface area (Å²) in [6.07, 6.45) is 5.33. The van der Waals surface area contributed by atoms with E-state index in [2.05, 4.69) is 10.3 Å². The first kappa shape index (κ1) is 15.8. The molecule has 6 heteroatoms. The predicted molar refractivity (Wildman–Crippen MR) is 95.4 cm³/mol. The molecule has 0 radical (unpaired) electrons. The van der Waals surface area contributed by atoms with E-state index in [1.54, 1.807) is 11.1 Å². The van der Waals surface area contributed by atoms with Gasteiger partial charge in [0.05, 0.1) is 24.3 Å². The lowest BCUT2D eigenvalue weighted by Crippen LogP contribution is -2.71. The first-order valence-corrected chi connectivity index (χ1v) is 9.22. The van der Waals surface area contributed by atoms with E-state index in [1.165, 1.54) is 0 Å². The van der Waals surface area contributed by atoms with Crippen molar-refractivity contribution >= 4 is 22.7 Å². The van der Waals surface area contributed by atoms with E-state index in [0.717, 1.165) is 35.7 Å². The number of fused-ring (bicyclic) bond motifs is 2. The van der Waals surface area contributed by atoms with Crippen molar-refractivity contribution in [2.45, 2.75) is 43.4 Å². The minimum atomic E-state index is -0.531. The molecule has 1 saturated carbocycles. The lowest BCUT2D eigenvalue weighted by molar-refractivity contribution is -0.192. The first-order chi connectivity index (χ1) is 12.6. The Hall–Kier alpha value is -2.47. The third-order valence-electron chi connectivity index (χ3n) is 5.93. The van der Waals surface area contributed by atoms with Crippen LogP contribution in [0.4, 0.5) is 0 Å². The van der Waals surface area contributed by atoms with Gasteiger partial charge in [-0.15, -0.1) is 0 Å². The van der Waals surface area contributed by atoms with Gasteiger partial charge in [0.2, 0.25) is 11.8 Å². The van der Waals surface area contributed by atoms with E-state index in [0.29, 0.717) is 19.6 Å². The van der Waals surface area contributed by atoms with Gasteiger partial charge in [-0.1, -0.05) is 18.2 Å². The summed E-state index contributed by atoms with van der Waals surface area (Å²) >= 11 is 0. The molecule has 2 atom stereocenters. The van der Waals surface area contributed by atoms with Crippen molar-refractivity contribution in [3.63, 3.8) is 0 Å². The molecule has 1 spiro atoms. The fourth-order valence-corrected chi connectivity index (χ4v) is 4.27. The Bertz CT molecular complexity index is 893. The Morgan fingerprint density at radius 2 is 2.12 bits per heavy atom. The summed E-state index contributed by atoms with van der Waals surface area (Å²) in [5, 5.41) is 3.93. The van der Waals surface area contributed by atoms with Crippen LogP contribution in [-0.4, -0.2) is 52.5 Å². The zero-order valence-electron chi connectivity index (χ0n) is 14.5. The van der Waals surface area contributed by atoms with Crippen LogP contribution in [0.25, 0.3) is 10.9 Å². The average molecular weight is 351 g/mol. The number of hydrogen-bond acceptors (Lipinski definition) is 4. The fraction of sp³-hybridized carbons (Fsp3) is 0.450. The molecule has 134 valence electrons. The van der Waals surface area contributed by atoms with Gasteiger partial charge < -0.3 is 15.0 Å². The number of rotatable bonds is 2. The van der Waals surface area contributed by atoms with E-state index in [4.69, 9.17) is 4.74 Å². The molecular weight excluding hydrogens is 330 g/mol. The predicted octanol–water partition coefficient (Wildman–Crippen LogP) is 1.43. The van der Waals surface area contributed by atoms with Crippen molar-refractivity contribution in [3.05, 3.63) is 42.1 Å². The highest BCUT2D eigenvalue weighted by molar-refractivity contribution is 5.97.